The highest BCUT2D eigenvalue weighted by atomic mass is 127. The number of carbonyl (C=O) groups excluding carboxylic acids is 1. The van der Waals surface area contributed by atoms with Gasteiger partial charge < -0.3 is 9.15 Å². The minimum Gasteiger partial charge on any atom is -0.443 e. The average Bonchev–Trinajstić information content (AvgIpc) is 3.19. The molecular formula is C24H16IO3S+. The third-order valence-corrected chi connectivity index (χ3v) is 7.81. The maximum atomic E-state index is 12.2. The summed E-state index contributed by atoms with van der Waals surface area (Å²) in [4.78, 5) is 16.2. The first kappa shape index (κ1) is 18.5. The molecule has 3 aromatic carbocycles. The highest BCUT2D eigenvalue weighted by Gasteiger charge is 2.36. The molecule has 1 aliphatic rings. The predicted molar refractivity (Wildman–Crippen MR) is 121 cm³/mol. The van der Waals surface area contributed by atoms with E-state index in [1.807, 2.05) is 34.7 Å². The van der Waals surface area contributed by atoms with Crippen LogP contribution in [-0.2, 0) is 17.3 Å². The molecule has 2 heterocycles. The van der Waals surface area contributed by atoms with Gasteiger partial charge in [0.1, 0.15) is 5.75 Å². The number of hydrogen-bond acceptors (Lipinski definition) is 3. The summed E-state index contributed by atoms with van der Waals surface area (Å²) in [7, 11) is -0.172. The SMILES string of the molecule is O=C(Oc1ccc([S+]2c3ccccc3Cc3ccccc32)cc1)c1ccc(I)o1. The maximum Gasteiger partial charge on any atom is 0.379 e. The normalized spacial score (nSPS) is 12.9. The standard InChI is InChI=1S/C24H16IO3S/c25-23-14-13-20(28-23)24(26)27-18-9-11-19(12-10-18)29-21-7-3-1-5-16(21)15-17-6-2-4-8-22(17)29/h1-14H,15H2/q+1. The van der Waals surface area contributed by atoms with Gasteiger partial charge in [-0.05, 0) is 71.1 Å². The maximum absolute atomic E-state index is 12.2. The van der Waals surface area contributed by atoms with Crippen molar-refractivity contribution < 1.29 is 13.9 Å². The third-order valence-electron chi connectivity index (χ3n) is 4.81. The number of carbonyl (C=O) groups is 1. The van der Waals surface area contributed by atoms with E-state index in [-0.39, 0.29) is 16.7 Å². The van der Waals surface area contributed by atoms with E-state index >= 15 is 0 Å². The topological polar surface area (TPSA) is 39.4 Å². The van der Waals surface area contributed by atoms with Crippen LogP contribution in [0.3, 0.4) is 0 Å². The summed E-state index contributed by atoms with van der Waals surface area (Å²) in [6.45, 7) is 0. The first-order valence-corrected chi connectivity index (χ1v) is 11.5. The molecule has 0 radical (unpaired) electrons. The van der Waals surface area contributed by atoms with Crippen molar-refractivity contribution in [1.29, 1.82) is 0 Å². The molecule has 3 nitrogen and oxygen atoms in total. The first-order valence-electron chi connectivity index (χ1n) is 9.17. The Bertz CT molecular complexity index is 1150. The molecule has 0 aliphatic carbocycles. The van der Waals surface area contributed by atoms with Crippen LogP contribution in [0.2, 0.25) is 0 Å². The van der Waals surface area contributed by atoms with Gasteiger partial charge in [0.15, 0.2) is 18.5 Å². The lowest BCUT2D eigenvalue weighted by molar-refractivity contribution is 0.0699. The molecule has 0 saturated heterocycles. The van der Waals surface area contributed by atoms with E-state index in [1.54, 1.807) is 12.1 Å². The Hall–Kier alpha value is -2.51. The zero-order chi connectivity index (χ0) is 19.8. The highest BCUT2D eigenvalue weighted by molar-refractivity contribution is 14.1. The predicted octanol–water partition coefficient (Wildman–Crippen LogP) is 6.10. The Morgan fingerprint density at radius 3 is 2.03 bits per heavy atom. The van der Waals surface area contributed by atoms with Gasteiger partial charge in [-0.1, -0.05) is 36.4 Å². The van der Waals surface area contributed by atoms with Crippen LogP contribution in [0.5, 0.6) is 5.75 Å². The van der Waals surface area contributed by atoms with Gasteiger partial charge in [-0.15, -0.1) is 0 Å². The summed E-state index contributed by atoms with van der Waals surface area (Å²) in [6.07, 6.45) is 0.966. The molecule has 5 rings (SSSR count). The van der Waals surface area contributed by atoms with Crippen LogP contribution in [-0.4, -0.2) is 5.97 Å². The van der Waals surface area contributed by atoms with Crippen LogP contribution >= 0.6 is 22.6 Å². The van der Waals surface area contributed by atoms with Gasteiger partial charge in [-0.2, -0.15) is 0 Å². The lowest BCUT2D eigenvalue weighted by atomic mass is 10.0. The monoisotopic (exact) mass is 511 g/mol. The Morgan fingerprint density at radius 1 is 0.828 bits per heavy atom. The van der Waals surface area contributed by atoms with Gasteiger partial charge in [-0.25, -0.2) is 4.79 Å². The van der Waals surface area contributed by atoms with Crippen molar-refractivity contribution in [3.8, 4) is 5.75 Å². The second-order valence-electron chi connectivity index (χ2n) is 6.66. The second-order valence-corrected chi connectivity index (χ2v) is 9.69. The zero-order valence-corrected chi connectivity index (χ0v) is 18.3. The number of benzene rings is 3. The van der Waals surface area contributed by atoms with E-state index in [0.717, 1.165) is 6.42 Å². The number of ether oxygens (including phenoxy) is 1. The van der Waals surface area contributed by atoms with Crippen molar-refractivity contribution in [1.82, 2.24) is 0 Å². The van der Waals surface area contributed by atoms with E-state index in [0.29, 0.717) is 9.52 Å². The molecule has 0 fully saturated rings. The van der Waals surface area contributed by atoms with Crippen molar-refractivity contribution in [3.63, 3.8) is 0 Å². The lowest BCUT2D eigenvalue weighted by Crippen LogP contribution is -2.15. The molecule has 0 spiro atoms. The van der Waals surface area contributed by atoms with Gasteiger partial charge in [0.05, 0.1) is 10.9 Å². The van der Waals surface area contributed by atoms with E-state index in [4.69, 9.17) is 9.15 Å². The van der Waals surface area contributed by atoms with Gasteiger partial charge in [0.25, 0.3) is 0 Å². The molecule has 0 saturated carbocycles. The first-order chi connectivity index (χ1) is 14.2. The Labute approximate surface area is 185 Å². The fourth-order valence-electron chi connectivity index (χ4n) is 3.50. The Kier molecular flexibility index (Phi) is 4.93. The second kappa shape index (κ2) is 7.72. The van der Waals surface area contributed by atoms with E-state index in [1.165, 1.54) is 25.8 Å². The molecule has 1 aliphatic heterocycles. The molecule has 0 N–H and O–H groups in total. The van der Waals surface area contributed by atoms with Crippen LogP contribution < -0.4 is 4.74 Å². The number of halogens is 1. The zero-order valence-electron chi connectivity index (χ0n) is 15.3. The minimum atomic E-state index is -0.489. The molecule has 29 heavy (non-hydrogen) atoms. The van der Waals surface area contributed by atoms with E-state index in [9.17, 15) is 4.79 Å². The average molecular weight is 511 g/mol. The van der Waals surface area contributed by atoms with Gasteiger partial charge >= 0.3 is 5.97 Å². The summed E-state index contributed by atoms with van der Waals surface area (Å²) in [5.74, 6) is 0.222. The molecule has 142 valence electrons. The lowest BCUT2D eigenvalue weighted by Gasteiger charge is -2.19. The van der Waals surface area contributed by atoms with Gasteiger partial charge in [0.2, 0.25) is 5.76 Å². The number of hydrogen-bond donors (Lipinski definition) is 0. The fourth-order valence-corrected chi connectivity index (χ4v) is 6.30. The minimum absolute atomic E-state index is 0.172. The molecule has 0 atom stereocenters. The molecule has 0 amide bonds. The van der Waals surface area contributed by atoms with E-state index < -0.39 is 5.97 Å². The third kappa shape index (κ3) is 3.60. The van der Waals surface area contributed by atoms with Crippen LogP contribution in [0.4, 0.5) is 0 Å². The van der Waals surface area contributed by atoms with Crippen molar-refractivity contribution in [2.24, 2.45) is 0 Å². The van der Waals surface area contributed by atoms with Gasteiger partial charge in [-0.3, -0.25) is 0 Å². The van der Waals surface area contributed by atoms with Crippen LogP contribution in [0.15, 0.2) is 104 Å². The molecule has 4 aromatic rings. The Balaban J connectivity index is 1.47. The number of rotatable bonds is 3. The molecule has 0 bridgehead atoms. The van der Waals surface area contributed by atoms with Crippen LogP contribution in [0, 0.1) is 3.77 Å². The summed E-state index contributed by atoms with van der Waals surface area (Å²) < 4.78 is 11.4. The van der Waals surface area contributed by atoms with Crippen molar-refractivity contribution >= 4 is 39.5 Å². The van der Waals surface area contributed by atoms with Crippen molar-refractivity contribution in [2.75, 3.05) is 0 Å². The fraction of sp³-hybridized carbons (Fsp3) is 0.0417. The quantitative estimate of drug-likeness (QED) is 0.127. The van der Waals surface area contributed by atoms with Crippen molar-refractivity contribution in [3.05, 3.63) is 106 Å². The van der Waals surface area contributed by atoms with Crippen LogP contribution in [0.25, 0.3) is 0 Å². The number of esters is 1. The highest BCUT2D eigenvalue weighted by Crippen LogP contribution is 2.40. The number of furan rings is 1. The smallest absolute Gasteiger partial charge is 0.379 e. The summed E-state index contributed by atoms with van der Waals surface area (Å²) >= 11 is 2.02. The van der Waals surface area contributed by atoms with E-state index in [2.05, 4.69) is 60.7 Å². The van der Waals surface area contributed by atoms with Crippen LogP contribution in [0.1, 0.15) is 21.7 Å². The molecule has 0 unspecified atom stereocenters. The molecule has 5 heteroatoms. The Morgan fingerprint density at radius 2 is 1.45 bits per heavy atom. The molecule has 1 aromatic heterocycles. The summed E-state index contributed by atoms with van der Waals surface area (Å²) in [5.41, 5.74) is 2.75. The number of fused-ring (bicyclic) bond motifs is 2. The summed E-state index contributed by atoms with van der Waals surface area (Å²) in [5, 5.41) is 0. The largest absolute Gasteiger partial charge is 0.443 e. The van der Waals surface area contributed by atoms with Crippen molar-refractivity contribution in [2.45, 2.75) is 21.1 Å². The van der Waals surface area contributed by atoms with Gasteiger partial charge in [0, 0.05) is 17.5 Å². The molecular weight excluding hydrogens is 495 g/mol. The summed E-state index contributed by atoms with van der Waals surface area (Å²) in [6, 6.07) is 28.5.